The molecule has 0 heterocycles. The molecule has 0 amide bonds. The Balaban J connectivity index is 1.90. The van der Waals surface area contributed by atoms with Crippen molar-refractivity contribution in [2.45, 2.75) is 57.5 Å². The Kier molecular flexibility index (Phi) is 5.50. The van der Waals surface area contributed by atoms with Gasteiger partial charge in [0.25, 0.3) is 0 Å². The molecule has 2 rings (SSSR count). The molecule has 0 saturated heterocycles. The number of benzene rings is 1. The Morgan fingerprint density at radius 2 is 1.65 bits per heavy atom. The van der Waals surface area contributed by atoms with Crippen molar-refractivity contribution in [3.63, 3.8) is 0 Å². The third-order valence-corrected chi connectivity index (χ3v) is 4.43. The summed E-state index contributed by atoms with van der Waals surface area (Å²) in [6.45, 7) is 0. The summed E-state index contributed by atoms with van der Waals surface area (Å²) in [5, 5.41) is 0. The van der Waals surface area contributed by atoms with Crippen LogP contribution in [-0.2, 0) is 6.42 Å². The molecular formula is C17H23F3. The van der Waals surface area contributed by atoms with E-state index in [1.807, 2.05) is 30.3 Å². The molecule has 1 aliphatic rings. The topological polar surface area (TPSA) is 0 Å². The number of rotatable bonds is 5. The Morgan fingerprint density at radius 1 is 1.00 bits per heavy atom. The fraction of sp³-hybridized carbons (Fsp3) is 0.647. The van der Waals surface area contributed by atoms with E-state index in [4.69, 9.17) is 0 Å². The lowest BCUT2D eigenvalue weighted by Gasteiger charge is -2.28. The van der Waals surface area contributed by atoms with Crippen molar-refractivity contribution in [1.29, 1.82) is 0 Å². The minimum Gasteiger partial charge on any atom is -0.171 e. The zero-order chi connectivity index (χ0) is 14.4. The lowest BCUT2D eigenvalue weighted by Crippen LogP contribution is -2.26. The third-order valence-electron chi connectivity index (χ3n) is 4.43. The van der Waals surface area contributed by atoms with E-state index >= 15 is 0 Å². The maximum Gasteiger partial charge on any atom is 0.391 e. The summed E-state index contributed by atoms with van der Waals surface area (Å²) < 4.78 is 39.5. The van der Waals surface area contributed by atoms with Crippen molar-refractivity contribution < 1.29 is 13.2 Å². The van der Waals surface area contributed by atoms with Crippen molar-refractivity contribution in [1.82, 2.24) is 0 Å². The van der Waals surface area contributed by atoms with Crippen LogP contribution in [0.25, 0.3) is 0 Å². The second-order valence-electron chi connectivity index (χ2n) is 6.00. The van der Waals surface area contributed by atoms with Gasteiger partial charge in [-0.3, -0.25) is 0 Å². The fourth-order valence-corrected chi connectivity index (χ4v) is 3.23. The monoisotopic (exact) mass is 284 g/mol. The van der Waals surface area contributed by atoms with Crippen LogP contribution >= 0.6 is 0 Å². The molecule has 1 saturated carbocycles. The zero-order valence-electron chi connectivity index (χ0n) is 11.8. The minimum absolute atomic E-state index is 0.226. The molecule has 1 aliphatic carbocycles. The smallest absolute Gasteiger partial charge is 0.171 e. The molecule has 1 aromatic carbocycles. The maximum atomic E-state index is 13.2. The van der Waals surface area contributed by atoms with Crippen LogP contribution in [0.15, 0.2) is 30.3 Å². The molecule has 1 atom stereocenters. The molecule has 1 unspecified atom stereocenters. The Hall–Kier alpha value is -0.990. The van der Waals surface area contributed by atoms with E-state index in [-0.39, 0.29) is 12.3 Å². The van der Waals surface area contributed by atoms with Crippen molar-refractivity contribution >= 4 is 0 Å². The number of hydrogen-bond donors (Lipinski definition) is 0. The Labute approximate surface area is 119 Å². The zero-order valence-corrected chi connectivity index (χ0v) is 11.8. The number of alkyl halides is 3. The highest BCUT2D eigenvalue weighted by atomic mass is 19.4. The molecule has 0 aliphatic heterocycles. The van der Waals surface area contributed by atoms with Gasteiger partial charge in [0, 0.05) is 0 Å². The standard InChI is InChI=1S/C17H23F3/c18-17(19,20)16(13-15-9-5-2-6-10-15)12-11-14-7-3-1-4-8-14/h1,3-4,7-8,15-16H,2,5-6,9-13H2. The molecule has 1 fully saturated rings. The lowest BCUT2D eigenvalue weighted by molar-refractivity contribution is -0.181. The van der Waals surface area contributed by atoms with Gasteiger partial charge in [0.15, 0.2) is 0 Å². The van der Waals surface area contributed by atoms with Gasteiger partial charge in [0.05, 0.1) is 5.92 Å². The second-order valence-corrected chi connectivity index (χ2v) is 6.00. The van der Waals surface area contributed by atoms with Crippen LogP contribution in [0.5, 0.6) is 0 Å². The van der Waals surface area contributed by atoms with Gasteiger partial charge in [0.2, 0.25) is 0 Å². The number of hydrogen-bond acceptors (Lipinski definition) is 0. The summed E-state index contributed by atoms with van der Waals surface area (Å²) in [7, 11) is 0. The van der Waals surface area contributed by atoms with Crippen LogP contribution in [0.4, 0.5) is 13.2 Å². The van der Waals surface area contributed by atoms with E-state index in [2.05, 4.69) is 0 Å². The average molecular weight is 284 g/mol. The molecule has 3 heteroatoms. The quantitative estimate of drug-likeness (QED) is 0.644. The molecule has 0 bridgehead atoms. The molecule has 0 nitrogen and oxygen atoms in total. The SMILES string of the molecule is FC(F)(F)C(CCc1ccccc1)CC1CCCCC1. The van der Waals surface area contributed by atoms with Crippen LogP contribution < -0.4 is 0 Å². The van der Waals surface area contributed by atoms with Gasteiger partial charge in [-0.25, -0.2) is 0 Å². The molecule has 0 radical (unpaired) electrons. The van der Waals surface area contributed by atoms with Gasteiger partial charge in [0.1, 0.15) is 0 Å². The average Bonchev–Trinajstić information content (AvgIpc) is 2.44. The van der Waals surface area contributed by atoms with Gasteiger partial charge in [-0.2, -0.15) is 13.2 Å². The summed E-state index contributed by atoms with van der Waals surface area (Å²) in [5.74, 6) is -0.850. The van der Waals surface area contributed by atoms with Crippen LogP contribution in [0.1, 0.15) is 50.5 Å². The van der Waals surface area contributed by atoms with Gasteiger partial charge in [-0.05, 0) is 30.7 Å². The normalized spacial score (nSPS) is 18.9. The molecule has 0 N–H and O–H groups in total. The first kappa shape index (κ1) is 15.4. The Morgan fingerprint density at radius 3 is 2.25 bits per heavy atom. The second kappa shape index (κ2) is 7.14. The predicted octanol–water partition coefficient (Wildman–Crippen LogP) is 5.77. The summed E-state index contributed by atoms with van der Waals surface area (Å²) >= 11 is 0. The van der Waals surface area contributed by atoms with E-state index in [0.717, 1.165) is 31.2 Å². The van der Waals surface area contributed by atoms with Gasteiger partial charge < -0.3 is 0 Å². The van der Waals surface area contributed by atoms with Crippen LogP contribution in [0.2, 0.25) is 0 Å². The van der Waals surface area contributed by atoms with E-state index < -0.39 is 12.1 Å². The number of halogens is 3. The van der Waals surface area contributed by atoms with E-state index in [1.165, 1.54) is 6.42 Å². The van der Waals surface area contributed by atoms with Crippen LogP contribution in [0.3, 0.4) is 0 Å². The Bertz CT molecular complexity index is 377. The van der Waals surface area contributed by atoms with Crippen molar-refractivity contribution in [2.75, 3.05) is 0 Å². The van der Waals surface area contributed by atoms with Crippen molar-refractivity contribution in [3.05, 3.63) is 35.9 Å². The van der Waals surface area contributed by atoms with Crippen molar-refractivity contribution in [2.24, 2.45) is 11.8 Å². The van der Waals surface area contributed by atoms with Gasteiger partial charge >= 0.3 is 6.18 Å². The molecule has 1 aromatic rings. The summed E-state index contributed by atoms with van der Waals surface area (Å²) in [6.07, 6.45) is 2.40. The first-order valence-electron chi connectivity index (χ1n) is 7.66. The highest BCUT2D eigenvalue weighted by molar-refractivity contribution is 5.14. The largest absolute Gasteiger partial charge is 0.391 e. The summed E-state index contributed by atoms with van der Waals surface area (Å²) in [4.78, 5) is 0. The summed E-state index contributed by atoms with van der Waals surface area (Å²) in [5.41, 5.74) is 1.00. The molecule has 0 spiro atoms. The van der Waals surface area contributed by atoms with Gasteiger partial charge in [-0.15, -0.1) is 0 Å². The van der Waals surface area contributed by atoms with Crippen molar-refractivity contribution in [3.8, 4) is 0 Å². The fourth-order valence-electron chi connectivity index (χ4n) is 3.23. The van der Waals surface area contributed by atoms with E-state index in [1.54, 1.807) is 0 Å². The number of aryl methyl sites for hydroxylation is 1. The van der Waals surface area contributed by atoms with Crippen LogP contribution in [-0.4, -0.2) is 6.18 Å². The first-order valence-corrected chi connectivity index (χ1v) is 7.66. The minimum atomic E-state index is -4.05. The molecule has 20 heavy (non-hydrogen) atoms. The summed E-state index contributed by atoms with van der Waals surface area (Å²) in [6, 6.07) is 9.49. The van der Waals surface area contributed by atoms with E-state index in [0.29, 0.717) is 12.8 Å². The van der Waals surface area contributed by atoms with Gasteiger partial charge in [-0.1, -0.05) is 62.4 Å². The molecule has 112 valence electrons. The maximum absolute atomic E-state index is 13.2. The highest BCUT2D eigenvalue weighted by Gasteiger charge is 2.40. The third kappa shape index (κ3) is 4.84. The van der Waals surface area contributed by atoms with Crippen LogP contribution in [0, 0.1) is 11.8 Å². The predicted molar refractivity (Wildman–Crippen MR) is 75.5 cm³/mol. The first-order chi connectivity index (χ1) is 9.55. The lowest BCUT2D eigenvalue weighted by atomic mass is 9.81. The highest BCUT2D eigenvalue weighted by Crippen LogP contribution is 2.38. The molecule has 0 aromatic heterocycles. The van der Waals surface area contributed by atoms with E-state index in [9.17, 15) is 13.2 Å². The molecular weight excluding hydrogens is 261 g/mol.